The lowest BCUT2D eigenvalue weighted by molar-refractivity contribution is 0.0696. The quantitative estimate of drug-likeness (QED) is 0.311. The molecule has 36 heavy (non-hydrogen) atoms. The van der Waals surface area contributed by atoms with Crippen LogP contribution in [-0.4, -0.2) is 32.2 Å². The molecule has 3 N–H and O–H groups in total. The Morgan fingerprint density at radius 1 is 0.972 bits per heavy atom. The third-order valence-corrected chi connectivity index (χ3v) is 6.15. The first-order valence-electron chi connectivity index (χ1n) is 10.8. The minimum absolute atomic E-state index is 0.189. The Morgan fingerprint density at radius 2 is 1.67 bits per heavy atom. The number of furan rings is 1. The summed E-state index contributed by atoms with van der Waals surface area (Å²) in [6, 6.07) is 17.5. The van der Waals surface area contributed by atoms with Gasteiger partial charge in [-0.25, -0.2) is 14.0 Å². The summed E-state index contributed by atoms with van der Waals surface area (Å²) >= 11 is 5.58. The molecule has 0 radical (unpaired) electrons. The Bertz CT molecular complexity index is 1460. The van der Waals surface area contributed by atoms with Gasteiger partial charge in [0.2, 0.25) is 0 Å². The number of carboxylic acids is 2. The fourth-order valence-electron chi connectivity index (χ4n) is 4.23. The van der Waals surface area contributed by atoms with E-state index in [0.717, 1.165) is 6.07 Å². The molecule has 0 unspecified atom stereocenters. The van der Waals surface area contributed by atoms with E-state index < -0.39 is 29.8 Å². The van der Waals surface area contributed by atoms with Gasteiger partial charge in [0.25, 0.3) is 0 Å². The van der Waals surface area contributed by atoms with Crippen molar-refractivity contribution in [2.75, 3.05) is 4.90 Å². The van der Waals surface area contributed by atoms with Crippen molar-refractivity contribution in [1.29, 1.82) is 0 Å². The van der Waals surface area contributed by atoms with E-state index in [-0.39, 0.29) is 33.3 Å². The van der Waals surface area contributed by atoms with E-state index in [2.05, 4.69) is 10.3 Å². The van der Waals surface area contributed by atoms with Gasteiger partial charge in [0.1, 0.15) is 23.4 Å². The molecule has 2 aromatic heterocycles. The summed E-state index contributed by atoms with van der Waals surface area (Å²) in [5.74, 6) is -2.36. The molecule has 10 heteroatoms. The Kier molecular flexibility index (Phi) is 5.95. The number of thiocarbonyl (C=S) groups is 1. The van der Waals surface area contributed by atoms with Crippen LogP contribution in [0, 0.1) is 5.82 Å². The highest BCUT2D eigenvalue weighted by Crippen LogP contribution is 2.43. The number of hydrogen-bond donors (Lipinski definition) is 3. The summed E-state index contributed by atoms with van der Waals surface area (Å²) in [4.78, 5) is 29.1. The van der Waals surface area contributed by atoms with E-state index in [0.29, 0.717) is 11.5 Å². The Labute approximate surface area is 209 Å². The maximum absolute atomic E-state index is 14.9. The van der Waals surface area contributed by atoms with Crippen LogP contribution in [0.15, 0.2) is 83.4 Å². The lowest BCUT2D eigenvalue weighted by Gasteiger charge is -2.26. The van der Waals surface area contributed by atoms with Crippen molar-refractivity contribution in [3.8, 4) is 11.3 Å². The molecule has 4 aromatic rings. The van der Waals surface area contributed by atoms with Crippen molar-refractivity contribution < 1.29 is 28.6 Å². The van der Waals surface area contributed by atoms with Gasteiger partial charge in [0.15, 0.2) is 5.11 Å². The Morgan fingerprint density at radius 3 is 2.31 bits per heavy atom. The zero-order chi connectivity index (χ0) is 25.4. The van der Waals surface area contributed by atoms with Gasteiger partial charge >= 0.3 is 11.9 Å². The van der Waals surface area contributed by atoms with Crippen LogP contribution in [0.25, 0.3) is 11.3 Å². The predicted octanol–water partition coefficient (Wildman–Crippen LogP) is 5.05. The van der Waals surface area contributed by atoms with E-state index in [9.17, 15) is 24.2 Å². The Balaban J connectivity index is 1.63. The minimum Gasteiger partial charge on any atom is -0.478 e. The number of para-hydroxylation sites is 1. The summed E-state index contributed by atoms with van der Waals surface area (Å²) < 4.78 is 21.0. The fraction of sp³-hybridized carbons (Fsp3) is 0.0769. The lowest BCUT2D eigenvalue weighted by atomic mass is 10.0. The minimum atomic E-state index is -1.27. The summed E-state index contributed by atoms with van der Waals surface area (Å²) in [5, 5.41) is 22.3. The first-order valence-corrected chi connectivity index (χ1v) is 11.2. The van der Waals surface area contributed by atoms with E-state index in [1.54, 1.807) is 47.5 Å². The van der Waals surface area contributed by atoms with Gasteiger partial charge in [-0.3, -0.25) is 4.98 Å². The molecule has 180 valence electrons. The largest absolute Gasteiger partial charge is 0.478 e. The predicted molar refractivity (Wildman–Crippen MR) is 132 cm³/mol. The van der Waals surface area contributed by atoms with Crippen molar-refractivity contribution >= 4 is 35.0 Å². The number of pyridine rings is 1. The highest BCUT2D eigenvalue weighted by molar-refractivity contribution is 7.80. The first kappa shape index (κ1) is 23.2. The van der Waals surface area contributed by atoms with Gasteiger partial charge < -0.3 is 24.8 Å². The second-order valence-corrected chi connectivity index (χ2v) is 8.45. The molecule has 0 aliphatic carbocycles. The normalized spacial score (nSPS) is 17.1. The maximum atomic E-state index is 14.9. The average molecular weight is 504 g/mol. The Hall–Kier alpha value is -4.57. The number of carbonyl (C=O) groups is 2. The van der Waals surface area contributed by atoms with Gasteiger partial charge in [-0.15, -0.1) is 0 Å². The van der Waals surface area contributed by atoms with Gasteiger partial charge in [0, 0.05) is 11.8 Å². The molecule has 1 saturated heterocycles. The number of hydrogen-bond acceptors (Lipinski definition) is 5. The van der Waals surface area contributed by atoms with Crippen molar-refractivity contribution in [2.24, 2.45) is 0 Å². The van der Waals surface area contributed by atoms with Crippen LogP contribution in [0.1, 0.15) is 44.3 Å². The highest BCUT2D eigenvalue weighted by Gasteiger charge is 2.43. The number of nitrogens with zero attached hydrogens (tertiary/aromatic N) is 2. The summed E-state index contributed by atoms with van der Waals surface area (Å²) in [7, 11) is 0. The molecule has 8 nitrogen and oxygen atoms in total. The molecule has 0 saturated carbocycles. The van der Waals surface area contributed by atoms with Crippen LogP contribution < -0.4 is 10.2 Å². The molecule has 1 fully saturated rings. The smallest absolute Gasteiger partial charge is 0.335 e. The third kappa shape index (κ3) is 4.18. The molecule has 2 atom stereocenters. The van der Waals surface area contributed by atoms with Crippen molar-refractivity contribution in [1.82, 2.24) is 10.3 Å². The number of anilines is 1. The molecule has 0 spiro atoms. The molecule has 1 aliphatic rings. The van der Waals surface area contributed by atoms with Gasteiger partial charge in [-0.1, -0.05) is 18.2 Å². The van der Waals surface area contributed by atoms with Gasteiger partial charge in [-0.2, -0.15) is 0 Å². The monoisotopic (exact) mass is 503 g/mol. The summed E-state index contributed by atoms with van der Waals surface area (Å²) in [6.45, 7) is 0. The van der Waals surface area contributed by atoms with Crippen LogP contribution in [0.2, 0.25) is 0 Å². The molecule has 0 amide bonds. The van der Waals surface area contributed by atoms with E-state index in [1.165, 1.54) is 18.2 Å². The number of halogens is 1. The molecular formula is C26H18FN3O5S. The van der Waals surface area contributed by atoms with Crippen LogP contribution in [0.5, 0.6) is 0 Å². The third-order valence-electron chi connectivity index (χ3n) is 5.84. The van der Waals surface area contributed by atoms with Gasteiger partial charge in [-0.05, 0) is 66.8 Å². The lowest BCUT2D eigenvalue weighted by Crippen LogP contribution is -2.30. The number of aromatic carboxylic acids is 2. The molecule has 5 rings (SSSR count). The molecule has 2 aromatic carbocycles. The number of carboxylic acid groups (broad SMARTS) is 2. The van der Waals surface area contributed by atoms with E-state index >= 15 is 0 Å². The first-order chi connectivity index (χ1) is 17.3. The average Bonchev–Trinajstić information content (AvgIpc) is 3.49. The zero-order valence-corrected chi connectivity index (χ0v) is 19.3. The van der Waals surface area contributed by atoms with Crippen molar-refractivity contribution in [3.63, 3.8) is 0 Å². The van der Waals surface area contributed by atoms with Crippen LogP contribution in [0.3, 0.4) is 0 Å². The van der Waals surface area contributed by atoms with Crippen LogP contribution >= 0.6 is 12.2 Å². The zero-order valence-electron chi connectivity index (χ0n) is 18.5. The molecular weight excluding hydrogens is 485 g/mol. The van der Waals surface area contributed by atoms with E-state index in [1.807, 2.05) is 12.1 Å². The van der Waals surface area contributed by atoms with Crippen LogP contribution in [-0.2, 0) is 0 Å². The molecule has 1 aliphatic heterocycles. The van der Waals surface area contributed by atoms with Crippen LogP contribution in [0.4, 0.5) is 10.1 Å². The molecule has 0 bridgehead atoms. The number of nitrogens with one attached hydrogen (secondary N) is 1. The van der Waals surface area contributed by atoms with Crippen molar-refractivity contribution in [3.05, 3.63) is 107 Å². The topological polar surface area (TPSA) is 116 Å². The number of benzene rings is 2. The second kappa shape index (κ2) is 9.23. The number of rotatable bonds is 6. The number of aromatic nitrogens is 1. The molecule has 3 heterocycles. The van der Waals surface area contributed by atoms with E-state index in [4.69, 9.17) is 16.6 Å². The summed E-state index contributed by atoms with van der Waals surface area (Å²) in [5.41, 5.74) is 0.802. The second-order valence-electron chi connectivity index (χ2n) is 8.06. The maximum Gasteiger partial charge on any atom is 0.335 e. The van der Waals surface area contributed by atoms with Crippen molar-refractivity contribution in [2.45, 2.75) is 12.1 Å². The standard InChI is InChI=1S/C26H18FN3O5S/c27-17-5-1-2-7-19(17)30-23(22(29-26(30)36)18-6-3-4-10-28-18)21-9-8-20(35-21)14-11-15(24(31)32)13-16(12-14)25(33)34/h1-13,22-23H,(H,29,36)(H,31,32)(H,33,34)/t22-,23+/m0/s1. The van der Waals surface area contributed by atoms with Gasteiger partial charge in [0.05, 0.1) is 28.6 Å². The highest BCUT2D eigenvalue weighted by atomic mass is 32.1. The fourth-order valence-corrected chi connectivity index (χ4v) is 4.57. The SMILES string of the molecule is O=C(O)c1cc(C(=O)O)cc(-c2ccc([C@@H]3[C@H](c4ccccn4)NC(=S)N3c3ccccc3F)o2)c1. The summed E-state index contributed by atoms with van der Waals surface area (Å²) in [6.07, 6.45) is 1.64.